The fourth-order valence-electron chi connectivity index (χ4n) is 2.79. The van der Waals surface area contributed by atoms with Gasteiger partial charge in [0.25, 0.3) is 5.91 Å². The second-order valence-electron chi connectivity index (χ2n) is 6.35. The van der Waals surface area contributed by atoms with Crippen molar-refractivity contribution in [2.24, 2.45) is 0 Å². The highest BCUT2D eigenvalue weighted by Crippen LogP contribution is 2.36. The third-order valence-corrected chi connectivity index (χ3v) is 5.47. The fourth-order valence-corrected chi connectivity index (χ4v) is 3.90. The molecule has 0 saturated heterocycles. The lowest BCUT2D eigenvalue weighted by atomic mass is 10.0. The Labute approximate surface area is 177 Å². The molecule has 0 fully saturated rings. The number of carbonyl (C=O) groups excluding carboxylic acids is 2. The monoisotopic (exact) mass is 426 g/mol. The van der Waals surface area contributed by atoms with Crippen molar-refractivity contribution in [2.75, 3.05) is 17.7 Å². The standard InChI is InChI=1S/C22H19ClN2O3S/c1-13(10-15-4-2-3-5-18(15)24)21(28)25-22-20(19(27)11-26)17(12-29-22)14-6-8-16(23)9-7-14/h2-10,12,26H,11,24H2,1H3,(H,25,28)/b13-10+. The highest BCUT2D eigenvalue weighted by atomic mass is 35.5. The third kappa shape index (κ3) is 4.74. The number of hydrogen-bond acceptors (Lipinski definition) is 5. The normalized spacial score (nSPS) is 11.3. The van der Waals surface area contributed by atoms with Crippen LogP contribution >= 0.6 is 22.9 Å². The molecule has 0 atom stereocenters. The van der Waals surface area contributed by atoms with Gasteiger partial charge < -0.3 is 16.2 Å². The predicted molar refractivity (Wildman–Crippen MR) is 119 cm³/mol. The number of para-hydroxylation sites is 1. The van der Waals surface area contributed by atoms with E-state index in [1.807, 2.05) is 18.2 Å². The zero-order chi connectivity index (χ0) is 21.0. The van der Waals surface area contributed by atoms with Gasteiger partial charge in [-0.3, -0.25) is 9.59 Å². The topological polar surface area (TPSA) is 92.4 Å². The third-order valence-electron chi connectivity index (χ3n) is 4.32. The van der Waals surface area contributed by atoms with Gasteiger partial charge >= 0.3 is 0 Å². The van der Waals surface area contributed by atoms with Crippen molar-refractivity contribution in [3.63, 3.8) is 0 Å². The lowest BCUT2D eigenvalue weighted by molar-refractivity contribution is -0.112. The van der Waals surface area contributed by atoms with Crippen LogP contribution in [0.1, 0.15) is 22.8 Å². The molecule has 0 bridgehead atoms. The number of aliphatic hydroxyl groups is 1. The van der Waals surface area contributed by atoms with Crippen LogP contribution in [0.15, 0.2) is 59.5 Å². The number of rotatable bonds is 6. The van der Waals surface area contributed by atoms with E-state index in [9.17, 15) is 14.7 Å². The Morgan fingerprint density at radius 1 is 1.17 bits per heavy atom. The van der Waals surface area contributed by atoms with E-state index in [0.717, 1.165) is 11.1 Å². The molecule has 148 valence electrons. The number of thiophene rings is 1. The quantitative estimate of drug-likeness (QED) is 0.298. The molecule has 0 saturated carbocycles. The molecule has 1 aromatic heterocycles. The maximum atomic E-state index is 12.7. The van der Waals surface area contributed by atoms with E-state index in [-0.39, 0.29) is 11.5 Å². The summed E-state index contributed by atoms with van der Waals surface area (Å²) < 4.78 is 0. The number of aliphatic hydroxyl groups excluding tert-OH is 1. The maximum absolute atomic E-state index is 12.7. The van der Waals surface area contributed by atoms with Crippen molar-refractivity contribution >= 4 is 51.4 Å². The highest BCUT2D eigenvalue weighted by Gasteiger charge is 2.21. The summed E-state index contributed by atoms with van der Waals surface area (Å²) in [6, 6.07) is 14.2. The molecule has 0 aliphatic carbocycles. The first kappa shape index (κ1) is 20.8. The number of anilines is 2. The SMILES string of the molecule is C/C(=C\c1ccccc1N)C(=O)Nc1scc(-c2ccc(Cl)cc2)c1C(=O)CO. The van der Waals surface area contributed by atoms with Crippen LogP contribution in [0.3, 0.4) is 0 Å². The predicted octanol–water partition coefficient (Wildman–Crippen LogP) is 4.87. The van der Waals surface area contributed by atoms with Gasteiger partial charge in [0.2, 0.25) is 0 Å². The van der Waals surface area contributed by atoms with Crippen molar-refractivity contribution in [1.82, 2.24) is 0 Å². The second kappa shape index (κ2) is 9.05. The average Bonchev–Trinajstić information content (AvgIpc) is 3.13. The van der Waals surface area contributed by atoms with Gasteiger partial charge in [-0.05, 0) is 42.3 Å². The molecular formula is C22H19ClN2O3S. The number of nitrogens with one attached hydrogen (secondary N) is 1. The van der Waals surface area contributed by atoms with Gasteiger partial charge in [-0.2, -0.15) is 0 Å². The van der Waals surface area contributed by atoms with Gasteiger partial charge in [0.15, 0.2) is 5.78 Å². The molecule has 29 heavy (non-hydrogen) atoms. The number of nitrogen functional groups attached to an aromatic ring is 1. The molecule has 0 radical (unpaired) electrons. The number of nitrogens with two attached hydrogens (primary N) is 1. The summed E-state index contributed by atoms with van der Waals surface area (Å²) in [6.07, 6.45) is 1.69. The minimum atomic E-state index is -0.657. The van der Waals surface area contributed by atoms with E-state index in [2.05, 4.69) is 5.32 Å². The van der Waals surface area contributed by atoms with Gasteiger partial charge in [0, 0.05) is 27.2 Å². The van der Waals surface area contributed by atoms with Crippen molar-refractivity contribution in [1.29, 1.82) is 0 Å². The van der Waals surface area contributed by atoms with Crippen LogP contribution in [0.4, 0.5) is 10.7 Å². The molecule has 5 nitrogen and oxygen atoms in total. The minimum absolute atomic E-state index is 0.278. The van der Waals surface area contributed by atoms with E-state index >= 15 is 0 Å². The lowest BCUT2D eigenvalue weighted by Gasteiger charge is -2.09. The summed E-state index contributed by atoms with van der Waals surface area (Å²) in [7, 11) is 0. The highest BCUT2D eigenvalue weighted by molar-refractivity contribution is 7.15. The van der Waals surface area contributed by atoms with Crippen LogP contribution in [-0.2, 0) is 4.79 Å². The number of carbonyl (C=O) groups is 2. The van der Waals surface area contributed by atoms with Crippen LogP contribution in [-0.4, -0.2) is 23.4 Å². The molecule has 2 aromatic carbocycles. The van der Waals surface area contributed by atoms with Crippen LogP contribution in [0, 0.1) is 0 Å². The van der Waals surface area contributed by atoms with E-state index in [0.29, 0.717) is 26.8 Å². The maximum Gasteiger partial charge on any atom is 0.251 e. The summed E-state index contributed by atoms with van der Waals surface area (Å²) in [6.45, 7) is 1.01. The van der Waals surface area contributed by atoms with Crippen LogP contribution < -0.4 is 11.1 Å². The summed E-state index contributed by atoms with van der Waals surface area (Å²) in [5.41, 5.74) is 9.35. The molecule has 0 unspecified atom stereocenters. The molecule has 3 aromatic rings. The Morgan fingerprint density at radius 3 is 2.52 bits per heavy atom. The van der Waals surface area contributed by atoms with Gasteiger partial charge in [0.1, 0.15) is 11.6 Å². The number of amides is 1. The summed E-state index contributed by atoms with van der Waals surface area (Å²) in [5.74, 6) is -0.829. The van der Waals surface area contributed by atoms with Gasteiger partial charge in [0.05, 0.1) is 5.56 Å². The summed E-state index contributed by atoms with van der Waals surface area (Å²) >= 11 is 7.16. The molecule has 7 heteroatoms. The number of Topliss-reactive ketones (excluding diaryl/α,β-unsaturated/α-hetero) is 1. The van der Waals surface area contributed by atoms with E-state index in [4.69, 9.17) is 17.3 Å². The molecule has 0 spiro atoms. The number of benzene rings is 2. The number of halogens is 1. The largest absolute Gasteiger partial charge is 0.398 e. The van der Waals surface area contributed by atoms with Crippen molar-refractivity contribution < 1.29 is 14.7 Å². The molecular weight excluding hydrogens is 408 g/mol. The smallest absolute Gasteiger partial charge is 0.251 e. The first-order valence-corrected chi connectivity index (χ1v) is 10.0. The molecule has 1 amide bonds. The van der Waals surface area contributed by atoms with Gasteiger partial charge in [-0.1, -0.05) is 41.9 Å². The number of ketones is 1. The van der Waals surface area contributed by atoms with Crippen molar-refractivity contribution in [2.45, 2.75) is 6.92 Å². The number of hydrogen-bond donors (Lipinski definition) is 3. The Balaban J connectivity index is 1.92. The van der Waals surface area contributed by atoms with Gasteiger partial charge in [-0.25, -0.2) is 0 Å². The fraction of sp³-hybridized carbons (Fsp3) is 0.0909. The molecule has 0 aliphatic rings. The zero-order valence-corrected chi connectivity index (χ0v) is 17.2. The van der Waals surface area contributed by atoms with Crippen LogP contribution in [0.2, 0.25) is 5.02 Å². The van der Waals surface area contributed by atoms with Crippen LogP contribution in [0.5, 0.6) is 0 Å². The molecule has 4 N–H and O–H groups in total. The molecule has 0 aliphatic heterocycles. The lowest BCUT2D eigenvalue weighted by Crippen LogP contribution is -2.15. The van der Waals surface area contributed by atoms with Crippen molar-refractivity contribution in [3.05, 3.63) is 75.6 Å². The first-order chi connectivity index (χ1) is 13.9. The van der Waals surface area contributed by atoms with Crippen molar-refractivity contribution in [3.8, 4) is 11.1 Å². The van der Waals surface area contributed by atoms with E-state index < -0.39 is 12.4 Å². The average molecular weight is 427 g/mol. The Morgan fingerprint density at radius 2 is 1.86 bits per heavy atom. The first-order valence-electron chi connectivity index (χ1n) is 8.76. The van der Waals surface area contributed by atoms with E-state index in [1.54, 1.807) is 48.7 Å². The van der Waals surface area contributed by atoms with Gasteiger partial charge in [-0.15, -0.1) is 11.3 Å². The Kier molecular flexibility index (Phi) is 6.49. The Bertz CT molecular complexity index is 1090. The minimum Gasteiger partial charge on any atom is -0.398 e. The van der Waals surface area contributed by atoms with Crippen LogP contribution in [0.25, 0.3) is 17.2 Å². The zero-order valence-electron chi connectivity index (χ0n) is 15.6. The van der Waals surface area contributed by atoms with E-state index in [1.165, 1.54) is 11.3 Å². The summed E-state index contributed by atoms with van der Waals surface area (Å²) in [4.78, 5) is 25.1. The summed E-state index contributed by atoms with van der Waals surface area (Å²) in [5, 5.41) is 14.9. The Hall–Kier alpha value is -2.93. The molecule has 1 heterocycles. The second-order valence-corrected chi connectivity index (χ2v) is 7.67. The molecule has 3 rings (SSSR count).